The summed E-state index contributed by atoms with van der Waals surface area (Å²) < 4.78 is 13.4. The number of nitrogens with one attached hydrogen (secondary N) is 1. The van der Waals surface area contributed by atoms with Crippen LogP contribution in [0.5, 0.6) is 0 Å². The Morgan fingerprint density at radius 2 is 2.20 bits per heavy atom. The molecule has 1 aromatic rings. The standard InChI is InChI=1S/C10H11FN2O2/c11-9-6-8(13(14)15)4-5-10(9)12-7-2-1-3-7/h4-7,12H,1-3H2. The van der Waals surface area contributed by atoms with E-state index < -0.39 is 10.7 Å². The first kappa shape index (κ1) is 9.89. The summed E-state index contributed by atoms with van der Waals surface area (Å²) in [5.74, 6) is -0.559. The number of nitro benzene ring substituents is 1. The second-order valence-corrected chi connectivity index (χ2v) is 3.69. The van der Waals surface area contributed by atoms with Gasteiger partial charge < -0.3 is 5.32 Å². The number of rotatable bonds is 3. The fourth-order valence-corrected chi connectivity index (χ4v) is 1.51. The van der Waals surface area contributed by atoms with Gasteiger partial charge in [-0.1, -0.05) is 0 Å². The molecular weight excluding hydrogens is 199 g/mol. The molecule has 0 saturated heterocycles. The maximum Gasteiger partial charge on any atom is 0.272 e. The number of nitrogens with zero attached hydrogens (tertiary/aromatic N) is 1. The monoisotopic (exact) mass is 210 g/mol. The van der Waals surface area contributed by atoms with Crippen molar-refractivity contribution in [2.24, 2.45) is 0 Å². The summed E-state index contributed by atoms with van der Waals surface area (Å²) in [4.78, 5) is 9.77. The van der Waals surface area contributed by atoms with Crippen LogP contribution in [-0.4, -0.2) is 11.0 Å². The van der Waals surface area contributed by atoms with Gasteiger partial charge in [0.2, 0.25) is 0 Å². The molecule has 0 unspecified atom stereocenters. The van der Waals surface area contributed by atoms with Gasteiger partial charge >= 0.3 is 0 Å². The lowest BCUT2D eigenvalue weighted by atomic mass is 9.93. The number of non-ortho nitro benzene ring substituents is 1. The Balaban J connectivity index is 2.14. The molecular formula is C10H11FN2O2. The molecule has 0 aliphatic heterocycles. The third-order valence-corrected chi connectivity index (χ3v) is 2.63. The van der Waals surface area contributed by atoms with Crippen molar-refractivity contribution in [3.05, 3.63) is 34.1 Å². The topological polar surface area (TPSA) is 55.2 Å². The predicted molar refractivity (Wildman–Crippen MR) is 54.3 cm³/mol. The Morgan fingerprint density at radius 1 is 1.47 bits per heavy atom. The molecule has 0 radical (unpaired) electrons. The summed E-state index contributed by atoms with van der Waals surface area (Å²) in [5.41, 5.74) is 0.136. The zero-order valence-corrected chi connectivity index (χ0v) is 8.07. The molecule has 80 valence electrons. The van der Waals surface area contributed by atoms with Gasteiger partial charge in [0.1, 0.15) is 0 Å². The third kappa shape index (κ3) is 2.06. The van der Waals surface area contributed by atoms with E-state index in [2.05, 4.69) is 5.32 Å². The molecule has 1 fully saturated rings. The average Bonchev–Trinajstić information content (AvgIpc) is 2.12. The van der Waals surface area contributed by atoms with Gasteiger partial charge in [-0.15, -0.1) is 0 Å². The highest BCUT2D eigenvalue weighted by Gasteiger charge is 2.19. The maximum atomic E-state index is 13.4. The summed E-state index contributed by atoms with van der Waals surface area (Å²) in [6, 6.07) is 4.00. The highest BCUT2D eigenvalue weighted by atomic mass is 19.1. The molecule has 5 heteroatoms. The zero-order chi connectivity index (χ0) is 10.8. The SMILES string of the molecule is O=[N+]([O-])c1ccc(NC2CCC2)c(F)c1. The quantitative estimate of drug-likeness (QED) is 0.616. The lowest BCUT2D eigenvalue weighted by Crippen LogP contribution is -2.27. The van der Waals surface area contributed by atoms with Crippen molar-refractivity contribution in [1.29, 1.82) is 0 Å². The molecule has 0 bridgehead atoms. The van der Waals surface area contributed by atoms with E-state index in [1.165, 1.54) is 12.1 Å². The molecule has 0 aromatic heterocycles. The summed E-state index contributed by atoms with van der Waals surface area (Å²) in [6.07, 6.45) is 3.24. The number of nitro groups is 1. The minimum Gasteiger partial charge on any atom is -0.380 e. The largest absolute Gasteiger partial charge is 0.380 e. The van der Waals surface area contributed by atoms with Gasteiger partial charge in [-0.05, 0) is 25.3 Å². The number of hydrogen-bond donors (Lipinski definition) is 1. The summed E-state index contributed by atoms with van der Waals surface area (Å²) in [7, 11) is 0. The highest BCUT2D eigenvalue weighted by molar-refractivity contribution is 5.50. The van der Waals surface area contributed by atoms with Crippen LogP contribution < -0.4 is 5.32 Å². The van der Waals surface area contributed by atoms with Gasteiger partial charge in [0, 0.05) is 12.1 Å². The van der Waals surface area contributed by atoms with E-state index in [4.69, 9.17) is 0 Å². The fraction of sp³-hybridized carbons (Fsp3) is 0.400. The van der Waals surface area contributed by atoms with Gasteiger partial charge in [0.25, 0.3) is 5.69 Å². The van der Waals surface area contributed by atoms with Crippen LogP contribution in [-0.2, 0) is 0 Å². The molecule has 1 aliphatic carbocycles. The normalized spacial score (nSPS) is 15.8. The van der Waals surface area contributed by atoms with Crippen molar-refractivity contribution in [3.8, 4) is 0 Å². The first-order valence-electron chi connectivity index (χ1n) is 4.87. The molecule has 0 spiro atoms. The Kier molecular flexibility index (Phi) is 2.53. The van der Waals surface area contributed by atoms with Gasteiger partial charge in [-0.2, -0.15) is 0 Å². The molecule has 0 atom stereocenters. The molecule has 0 heterocycles. The molecule has 2 rings (SSSR count). The Bertz CT molecular complexity index is 391. The molecule has 0 amide bonds. The van der Waals surface area contributed by atoms with E-state index in [1.807, 2.05) is 0 Å². The number of hydrogen-bond acceptors (Lipinski definition) is 3. The summed E-state index contributed by atoms with van der Waals surface area (Å²) >= 11 is 0. The number of anilines is 1. The van der Waals surface area contributed by atoms with Crippen molar-refractivity contribution in [2.45, 2.75) is 25.3 Å². The van der Waals surface area contributed by atoms with E-state index in [1.54, 1.807) is 0 Å². The van der Waals surface area contributed by atoms with E-state index in [9.17, 15) is 14.5 Å². The Labute approximate surface area is 86.3 Å². The molecule has 1 saturated carbocycles. The van der Waals surface area contributed by atoms with Crippen LogP contribution in [0.1, 0.15) is 19.3 Å². The first-order chi connectivity index (χ1) is 7.16. The number of halogens is 1. The van der Waals surface area contributed by atoms with Crippen molar-refractivity contribution in [1.82, 2.24) is 0 Å². The zero-order valence-electron chi connectivity index (χ0n) is 8.07. The second-order valence-electron chi connectivity index (χ2n) is 3.69. The van der Waals surface area contributed by atoms with Gasteiger partial charge in [-0.25, -0.2) is 4.39 Å². The number of benzene rings is 1. The minimum absolute atomic E-state index is 0.216. The third-order valence-electron chi connectivity index (χ3n) is 2.63. The fourth-order valence-electron chi connectivity index (χ4n) is 1.51. The average molecular weight is 210 g/mol. The van der Waals surface area contributed by atoms with Crippen LogP contribution >= 0.6 is 0 Å². The van der Waals surface area contributed by atoms with E-state index >= 15 is 0 Å². The van der Waals surface area contributed by atoms with Crippen molar-refractivity contribution >= 4 is 11.4 Å². The van der Waals surface area contributed by atoms with Gasteiger partial charge in [0.05, 0.1) is 16.7 Å². The van der Waals surface area contributed by atoms with Gasteiger partial charge in [-0.3, -0.25) is 10.1 Å². The van der Waals surface area contributed by atoms with Crippen LogP contribution in [0.4, 0.5) is 15.8 Å². The van der Waals surface area contributed by atoms with E-state index in [0.717, 1.165) is 25.3 Å². The smallest absolute Gasteiger partial charge is 0.272 e. The summed E-state index contributed by atoms with van der Waals surface area (Å²) in [5, 5.41) is 13.4. The highest BCUT2D eigenvalue weighted by Crippen LogP contribution is 2.26. The molecule has 4 nitrogen and oxygen atoms in total. The van der Waals surface area contributed by atoms with Crippen LogP contribution in [0.25, 0.3) is 0 Å². The van der Waals surface area contributed by atoms with Crippen molar-refractivity contribution < 1.29 is 9.31 Å². The lowest BCUT2D eigenvalue weighted by molar-refractivity contribution is -0.385. The van der Waals surface area contributed by atoms with Gasteiger partial charge in [0.15, 0.2) is 5.82 Å². The molecule has 1 aliphatic rings. The predicted octanol–water partition coefficient (Wildman–Crippen LogP) is 2.70. The Morgan fingerprint density at radius 3 is 2.67 bits per heavy atom. The van der Waals surface area contributed by atoms with Crippen molar-refractivity contribution in [2.75, 3.05) is 5.32 Å². The maximum absolute atomic E-state index is 13.4. The second kappa shape index (κ2) is 3.84. The van der Waals surface area contributed by atoms with Crippen LogP contribution in [0.15, 0.2) is 18.2 Å². The summed E-state index contributed by atoms with van der Waals surface area (Å²) in [6.45, 7) is 0. The van der Waals surface area contributed by atoms with Crippen LogP contribution in [0.2, 0.25) is 0 Å². The molecule has 1 N–H and O–H groups in total. The first-order valence-corrected chi connectivity index (χ1v) is 4.87. The van der Waals surface area contributed by atoms with E-state index in [-0.39, 0.29) is 5.69 Å². The van der Waals surface area contributed by atoms with Crippen molar-refractivity contribution in [3.63, 3.8) is 0 Å². The molecule has 15 heavy (non-hydrogen) atoms. The van der Waals surface area contributed by atoms with Crippen LogP contribution in [0, 0.1) is 15.9 Å². The molecule has 1 aromatic carbocycles. The van der Waals surface area contributed by atoms with Crippen LogP contribution in [0.3, 0.4) is 0 Å². The van der Waals surface area contributed by atoms with E-state index in [0.29, 0.717) is 11.7 Å². The minimum atomic E-state index is -0.601. The Hall–Kier alpha value is -1.65. The lowest BCUT2D eigenvalue weighted by Gasteiger charge is -2.27.